The lowest BCUT2D eigenvalue weighted by Gasteiger charge is -2.33. The van der Waals surface area contributed by atoms with Crippen molar-refractivity contribution in [2.45, 2.75) is 98.2 Å². The molecule has 0 N–H and O–H groups in total. The minimum absolute atomic E-state index is 0.493. The Morgan fingerprint density at radius 2 is 0.972 bits per heavy atom. The lowest BCUT2D eigenvalue weighted by Crippen LogP contribution is -2.35. The van der Waals surface area contributed by atoms with Gasteiger partial charge in [-0.05, 0) is 104 Å². The molecule has 0 atom stereocenters. The van der Waals surface area contributed by atoms with Crippen molar-refractivity contribution in [1.29, 1.82) is 0 Å². The molecule has 0 spiro atoms. The molecule has 36 heavy (non-hydrogen) atoms. The van der Waals surface area contributed by atoms with Crippen LogP contribution in [0.1, 0.15) is 5.56 Å². The Bertz CT molecular complexity index is 947. The van der Waals surface area contributed by atoms with E-state index in [-0.39, 0.29) is 0 Å². The third kappa shape index (κ3) is 11.8. The van der Waals surface area contributed by atoms with Crippen LogP contribution in [0.4, 0.5) is 0 Å². The number of rotatable bonds is 12. The van der Waals surface area contributed by atoms with Crippen molar-refractivity contribution in [2.24, 2.45) is 0 Å². The molecule has 0 aromatic heterocycles. The first-order valence-electron chi connectivity index (χ1n) is 12.7. The smallest absolute Gasteiger partial charge is 0.242 e. The molecule has 0 radical (unpaired) electrons. The van der Waals surface area contributed by atoms with E-state index in [0.29, 0.717) is 43.7 Å². The number of benzene rings is 1. The molecule has 0 bridgehead atoms. The summed E-state index contributed by atoms with van der Waals surface area (Å²) < 4.78 is 39.6. The molecule has 0 saturated heterocycles. The summed E-state index contributed by atoms with van der Waals surface area (Å²) in [7, 11) is -8.67. The van der Waals surface area contributed by atoms with Gasteiger partial charge in [-0.1, -0.05) is 0 Å². The molecule has 0 aliphatic heterocycles. The van der Waals surface area contributed by atoms with Gasteiger partial charge in [0.1, 0.15) is 11.5 Å². The van der Waals surface area contributed by atoms with E-state index in [1.54, 1.807) is 0 Å². The van der Waals surface area contributed by atoms with Gasteiger partial charge in [0.2, 0.25) is 52.1 Å². The highest BCUT2D eigenvalue weighted by atomic mass is 28.4. The zero-order chi connectivity index (χ0) is 28.5. The summed E-state index contributed by atoms with van der Waals surface area (Å²) in [6.07, 6.45) is 0. The number of hydrogen-bond donors (Lipinski definition) is 0. The third-order valence-electron chi connectivity index (χ3n) is 4.02. The van der Waals surface area contributed by atoms with Gasteiger partial charge in [-0.15, -0.1) is 0 Å². The van der Waals surface area contributed by atoms with Crippen LogP contribution in [0, 0.1) is 0 Å². The number of hydrogen-bond acceptors (Lipinski definition) is 6. The van der Waals surface area contributed by atoms with Gasteiger partial charge in [-0.2, -0.15) is 0 Å². The van der Waals surface area contributed by atoms with Crippen molar-refractivity contribution in [2.75, 3.05) is 0 Å². The Morgan fingerprint density at radius 3 is 1.33 bits per heavy atom. The molecular weight excluding hydrogens is 569 g/mol. The molecular formula is C23H52O6Si7. The second-order valence-corrected chi connectivity index (χ2v) is 37.5. The van der Waals surface area contributed by atoms with Crippen LogP contribution in [-0.4, -0.2) is 62.3 Å². The molecule has 1 aromatic rings. The average Bonchev–Trinajstić information content (AvgIpc) is 2.56. The SMILES string of the molecule is C[Si](C)(C)OC([SiH3])=C(O[Si](C)(C)C)c1cc(O[Si](C)(C)C)c(O[Si](C)(C)C)c(O[Si](C)(C)C)c1O[SiH3]. The lowest BCUT2D eigenvalue weighted by molar-refractivity contribution is 0.417. The first kappa shape index (κ1) is 33.3. The Morgan fingerprint density at radius 1 is 0.556 bits per heavy atom. The minimum atomic E-state index is -2.04. The van der Waals surface area contributed by atoms with E-state index in [4.69, 9.17) is 26.6 Å². The van der Waals surface area contributed by atoms with Gasteiger partial charge in [0.15, 0.2) is 17.2 Å². The van der Waals surface area contributed by atoms with E-state index in [1.165, 1.54) is 0 Å². The predicted molar refractivity (Wildman–Crippen MR) is 175 cm³/mol. The molecule has 208 valence electrons. The topological polar surface area (TPSA) is 55.4 Å². The lowest BCUT2D eigenvalue weighted by atomic mass is 10.1. The van der Waals surface area contributed by atoms with Gasteiger partial charge in [-0.3, -0.25) is 0 Å². The van der Waals surface area contributed by atoms with E-state index in [1.807, 2.05) is 0 Å². The monoisotopic (exact) mass is 620 g/mol. The van der Waals surface area contributed by atoms with Crippen LogP contribution in [0.3, 0.4) is 0 Å². The first-order valence-corrected chi connectivity index (χ1v) is 31.6. The minimum Gasteiger partial charge on any atom is -0.550 e. The first-order chi connectivity index (χ1) is 15.8. The summed E-state index contributed by atoms with van der Waals surface area (Å²) in [5, 5.41) is 0.910. The summed E-state index contributed by atoms with van der Waals surface area (Å²) in [6.45, 7) is 32.8. The van der Waals surface area contributed by atoms with E-state index < -0.39 is 41.6 Å². The average molecular weight is 621 g/mol. The van der Waals surface area contributed by atoms with Crippen molar-refractivity contribution in [3.8, 4) is 23.0 Å². The molecule has 0 aliphatic carbocycles. The van der Waals surface area contributed by atoms with Gasteiger partial charge in [0.05, 0.1) is 21.2 Å². The molecule has 13 heteroatoms. The quantitative estimate of drug-likeness (QED) is 0.221. The predicted octanol–water partition coefficient (Wildman–Crippen LogP) is 5.68. The Labute approximate surface area is 232 Å². The molecule has 0 aliphatic rings. The molecule has 0 fully saturated rings. The third-order valence-corrected chi connectivity index (χ3v) is 9.70. The molecule has 1 aromatic carbocycles. The van der Waals surface area contributed by atoms with Gasteiger partial charge >= 0.3 is 0 Å². The van der Waals surface area contributed by atoms with Gasteiger partial charge in [0.25, 0.3) is 0 Å². The van der Waals surface area contributed by atoms with E-state index >= 15 is 0 Å². The molecule has 0 unspecified atom stereocenters. The largest absolute Gasteiger partial charge is 0.550 e. The summed E-state index contributed by atoms with van der Waals surface area (Å²) in [5.74, 6) is 3.48. The fourth-order valence-corrected chi connectivity index (χ4v) is 10.4. The Balaban J connectivity index is 4.24. The highest BCUT2D eigenvalue weighted by molar-refractivity contribution is 6.72. The van der Waals surface area contributed by atoms with Gasteiger partial charge in [0, 0.05) is 0 Å². The summed E-state index contributed by atoms with van der Waals surface area (Å²) in [5.41, 5.74) is 0.847. The maximum atomic E-state index is 6.75. The van der Waals surface area contributed by atoms with Crippen molar-refractivity contribution in [3.63, 3.8) is 0 Å². The maximum Gasteiger partial charge on any atom is 0.242 e. The summed E-state index contributed by atoms with van der Waals surface area (Å²) in [4.78, 5) is 0. The second kappa shape index (κ2) is 11.6. The Hall–Kier alpha value is -0.722. The normalized spacial score (nSPS) is 14.3. The van der Waals surface area contributed by atoms with Crippen molar-refractivity contribution >= 4 is 68.1 Å². The standard InChI is InChI=1S/C23H52O6Si7/c1-32(2,3)25-18-16-17(20(26-33(4,5)6)23(30)29-36(13,14)15)19(24-31)22(28-35(10,11)12)21(18)27-34(7,8)9/h16H,1-15,30-31H3. The van der Waals surface area contributed by atoms with E-state index in [0.717, 1.165) is 16.7 Å². The maximum absolute atomic E-state index is 6.75. The van der Waals surface area contributed by atoms with E-state index in [2.05, 4.69) is 104 Å². The molecule has 0 amide bonds. The van der Waals surface area contributed by atoms with Gasteiger partial charge < -0.3 is 26.6 Å². The molecule has 0 saturated carbocycles. The highest BCUT2D eigenvalue weighted by Crippen LogP contribution is 2.52. The van der Waals surface area contributed by atoms with Crippen LogP contribution in [0.15, 0.2) is 11.4 Å². The summed E-state index contributed by atoms with van der Waals surface area (Å²) >= 11 is 0. The van der Waals surface area contributed by atoms with Crippen molar-refractivity contribution < 1.29 is 26.6 Å². The van der Waals surface area contributed by atoms with Crippen LogP contribution in [0.25, 0.3) is 5.76 Å². The van der Waals surface area contributed by atoms with Crippen LogP contribution in [0.5, 0.6) is 23.0 Å². The van der Waals surface area contributed by atoms with Crippen molar-refractivity contribution in [3.05, 3.63) is 17.0 Å². The van der Waals surface area contributed by atoms with Crippen LogP contribution >= 0.6 is 0 Å². The second-order valence-electron chi connectivity index (χ2n) is 14.1. The molecule has 1 rings (SSSR count). The highest BCUT2D eigenvalue weighted by Gasteiger charge is 2.35. The van der Waals surface area contributed by atoms with Crippen LogP contribution in [-0.2, 0) is 8.85 Å². The fourth-order valence-electron chi connectivity index (χ4n) is 3.31. The van der Waals surface area contributed by atoms with Crippen LogP contribution in [0.2, 0.25) is 98.2 Å². The van der Waals surface area contributed by atoms with Crippen molar-refractivity contribution in [1.82, 2.24) is 0 Å². The summed E-state index contributed by atoms with van der Waals surface area (Å²) in [6, 6.07) is 2.05. The van der Waals surface area contributed by atoms with Crippen LogP contribution < -0.4 is 17.7 Å². The fraction of sp³-hybridized carbons (Fsp3) is 0.652. The van der Waals surface area contributed by atoms with Gasteiger partial charge in [-0.25, -0.2) is 0 Å². The zero-order valence-corrected chi connectivity index (χ0v) is 35.0. The zero-order valence-electron chi connectivity index (χ0n) is 26.0. The molecule has 0 heterocycles. The Kier molecular flexibility index (Phi) is 10.7. The molecule has 6 nitrogen and oxygen atoms in total. The van der Waals surface area contributed by atoms with E-state index in [9.17, 15) is 0 Å².